The van der Waals surface area contributed by atoms with Crippen LogP contribution in [0.4, 0.5) is 0 Å². The van der Waals surface area contributed by atoms with Crippen LogP contribution >= 0.6 is 7.80 Å². The van der Waals surface area contributed by atoms with Crippen molar-refractivity contribution < 1.29 is 14.2 Å². The van der Waals surface area contributed by atoms with E-state index in [1.165, 1.54) is 0 Å². The van der Waals surface area contributed by atoms with E-state index in [4.69, 9.17) is 0 Å². The molecule has 1 atom stereocenters. The minimum atomic E-state index is -2.29. The number of carbonyl (C=O) groups is 2. The molecule has 33 heavy (non-hydrogen) atoms. The summed E-state index contributed by atoms with van der Waals surface area (Å²) in [5.41, 5.74) is 3.16. The maximum Gasteiger partial charge on any atom is 0.246 e. The molecule has 0 heterocycles. The number of ketones is 1. The van der Waals surface area contributed by atoms with Gasteiger partial charge in [0.1, 0.15) is 0 Å². The molecule has 0 fully saturated rings. The van der Waals surface area contributed by atoms with Crippen molar-refractivity contribution in [3.63, 3.8) is 0 Å². The van der Waals surface area contributed by atoms with Gasteiger partial charge in [0.15, 0.2) is 13.6 Å². The third-order valence-electron chi connectivity index (χ3n) is 5.19. The van der Waals surface area contributed by atoms with Gasteiger partial charge in [-0.1, -0.05) is 103 Å². The summed E-state index contributed by atoms with van der Waals surface area (Å²) in [4.78, 5) is 25.5. The van der Waals surface area contributed by atoms with Crippen LogP contribution in [0, 0.1) is 13.8 Å². The Morgan fingerprint density at radius 2 is 1.12 bits per heavy atom. The highest BCUT2D eigenvalue weighted by molar-refractivity contribution is 7.71. The number of Topliss-reactive ketones (excluding diaryl/α,β-unsaturated/α-hetero) is 1. The molecule has 0 aliphatic rings. The molecule has 0 aliphatic heterocycles. The van der Waals surface area contributed by atoms with Crippen molar-refractivity contribution in [2.45, 2.75) is 20.3 Å². The van der Waals surface area contributed by atoms with Gasteiger partial charge in [-0.25, -0.2) is 0 Å². The number of benzene rings is 4. The highest BCUT2D eigenvalue weighted by atomic mass is 31.1. The van der Waals surface area contributed by atoms with Crippen molar-refractivity contribution in [1.82, 2.24) is 0 Å². The Morgan fingerprint density at radius 1 is 0.636 bits per heavy atom. The van der Waals surface area contributed by atoms with Gasteiger partial charge in [0.2, 0.25) is 5.52 Å². The van der Waals surface area contributed by atoms with E-state index in [0.717, 1.165) is 11.1 Å². The summed E-state index contributed by atoms with van der Waals surface area (Å²) in [5, 5.41) is 0.431. The normalized spacial score (nSPS) is 10.5. The fraction of sp³-hybridized carbons (Fsp3) is 0.103. The first-order chi connectivity index (χ1) is 16.0. The lowest BCUT2D eigenvalue weighted by Gasteiger charge is -2.11. The summed E-state index contributed by atoms with van der Waals surface area (Å²) >= 11 is 0. The molecule has 0 spiro atoms. The molecule has 3 nitrogen and oxygen atoms in total. The van der Waals surface area contributed by atoms with E-state index in [-0.39, 0.29) is 12.2 Å². The van der Waals surface area contributed by atoms with Gasteiger partial charge in [-0.15, -0.1) is 0 Å². The maximum absolute atomic E-state index is 12.9. The molecule has 0 bridgehead atoms. The van der Waals surface area contributed by atoms with Crippen molar-refractivity contribution in [3.05, 3.63) is 137 Å². The summed E-state index contributed by atoms with van der Waals surface area (Å²) in [7, 11) is -2.29. The first-order valence-electron chi connectivity index (χ1n) is 10.7. The number of hydrogen-bond acceptors (Lipinski definition) is 3. The summed E-state index contributed by atoms with van der Waals surface area (Å²) in [6.45, 7) is 3.82. The second-order valence-electron chi connectivity index (χ2n) is 7.62. The Balaban J connectivity index is 0.000000442. The van der Waals surface area contributed by atoms with E-state index < -0.39 is 13.3 Å². The van der Waals surface area contributed by atoms with Crippen LogP contribution in [0.1, 0.15) is 37.4 Å². The first-order valence-corrected chi connectivity index (χ1v) is 12.0. The largest absolute Gasteiger partial charge is 0.294 e. The van der Waals surface area contributed by atoms with Gasteiger partial charge in [-0.2, -0.15) is 0 Å². The van der Waals surface area contributed by atoms with E-state index in [9.17, 15) is 14.2 Å². The molecule has 1 unspecified atom stereocenters. The molecule has 4 aromatic carbocycles. The Labute approximate surface area is 195 Å². The van der Waals surface area contributed by atoms with Crippen LogP contribution in [0.3, 0.4) is 0 Å². The average Bonchev–Trinajstić information content (AvgIpc) is 2.85. The zero-order valence-electron chi connectivity index (χ0n) is 18.8. The van der Waals surface area contributed by atoms with Gasteiger partial charge in [-0.05, 0) is 36.6 Å². The van der Waals surface area contributed by atoms with Crippen LogP contribution in [-0.2, 0) is 11.0 Å². The van der Waals surface area contributed by atoms with E-state index in [1.54, 1.807) is 54.6 Å². The smallest absolute Gasteiger partial charge is 0.246 e. The van der Waals surface area contributed by atoms with Gasteiger partial charge in [-0.3, -0.25) is 14.2 Å². The zero-order valence-corrected chi connectivity index (χ0v) is 19.7. The lowest BCUT2D eigenvalue weighted by Crippen LogP contribution is -2.15. The van der Waals surface area contributed by atoms with Gasteiger partial charge < -0.3 is 0 Å². The highest BCUT2D eigenvalue weighted by Gasteiger charge is 2.22. The standard InChI is InChI=1S/C23H20O3P.C6H6/c1-16-9-8-10-17(2)22(16)20(24)15-19-13-6-7-14-21(19)27(26)23(25)18-11-4-3-5-12-18;1-2-4-6-5-3-1/h3-14H,15H2,1-2H3;1-6H. The van der Waals surface area contributed by atoms with Crippen LogP contribution in [0.25, 0.3) is 0 Å². The molecule has 4 rings (SSSR count). The zero-order chi connectivity index (χ0) is 23.6. The third kappa shape index (κ3) is 6.41. The molecule has 0 N–H and O–H groups in total. The van der Waals surface area contributed by atoms with Crippen molar-refractivity contribution in [2.24, 2.45) is 0 Å². The molecular weight excluding hydrogens is 427 g/mol. The summed E-state index contributed by atoms with van der Waals surface area (Å²) in [6.07, 6.45) is 0.116. The molecule has 0 saturated carbocycles. The van der Waals surface area contributed by atoms with E-state index >= 15 is 0 Å². The average molecular weight is 453 g/mol. The molecule has 0 amide bonds. The molecule has 4 heteroatoms. The van der Waals surface area contributed by atoms with Crippen molar-refractivity contribution in [3.8, 4) is 0 Å². The fourth-order valence-electron chi connectivity index (χ4n) is 3.57. The first kappa shape index (κ1) is 24.0. The molecule has 0 aliphatic carbocycles. The van der Waals surface area contributed by atoms with E-state index in [2.05, 4.69) is 0 Å². The van der Waals surface area contributed by atoms with E-state index in [1.807, 2.05) is 68.4 Å². The van der Waals surface area contributed by atoms with Gasteiger partial charge >= 0.3 is 0 Å². The summed E-state index contributed by atoms with van der Waals surface area (Å²) < 4.78 is 12.9. The molecule has 1 radical (unpaired) electrons. The second kappa shape index (κ2) is 11.8. The molecule has 0 aromatic heterocycles. The fourth-order valence-corrected chi connectivity index (χ4v) is 4.80. The number of hydrogen-bond donors (Lipinski definition) is 0. The Kier molecular flexibility index (Phi) is 8.57. The molecular formula is C29H26O3P. The molecule has 4 aromatic rings. The predicted molar refractivity (Wildman–Crippen MR) is 135 cm³/mol. The van der Waals surface area contributed by atoms with Crippen molar-refractivity contribution >= 4 is 24.4 Å². The predicted octanol–water partition coefficient (Wildman–Crippen LogP) is 6.71. The van der Waals surface area contributed by atoms with Crippen molar-refractivity contribution in [1.29, 1.82) is 0 Å². The molecule has 165 valence electrons. The number of rotatable bonds is 6. The number of carbonyl (C=O) groups excluding carboxylic acids is 2. The SMILES string of the molecule is Cc1cccc(C)c1C(=O)Cc1ccccc1[P](=O)C(=O)c1ccccc1.c1ccccc1. The van der Waals surface area contributed by atoms with Crippen LogP contribution in [0.15, 0.2) is 109 Å². The van der Waals surface area contributed by atoms with Gasteiger partial charge in [0, 0.05) is 22.9 Å². The molecule has 0 saturated heterocycles. The summed E-state index contributed by atoms with van der Waals surface area (Å²) in [5.74, 6) is -0.0337. The quantitative estimate of drug-likeness (QED) is 0.241. The second-order valence-corrected chi connectivity index (χ2v) is 9.09. The van der Waals surface area contributed by atoms with Crippen LogP contribution in [0.5, 0.6) is 0 Å². The maximum atomic E-state index is 12.9. The Hall–Kier alpha value is -3.68. The minimum absolute atomic E-state index is 0.0337. The number of aryl methyl sites for hydroxylation is 2. The van der Waals surface area contributed by atoms with E-state index in [0.29, 0.717) is 22.0 Å². The Morgan fingerprint density at radius 3 is 1.70 bits per heavy atom. The monoisotopic (exact) mass is 453 g/mol. The lowest BCUT2D eigenvalue weighted by atomic mass is 9.95. The van der Waals surface area contributed by atoms with Crippen molar-refractivity contribution in [2.75, 3.05) is 0 Å². The van der Waals surface area contributed by atoms with Crippen LogP contribution in [0.2, 0.25) is 0 Å². The van der Waals surface area contributed by atoms with Crippen LogP contribution < -0.4 is 5.30 Å². The third-order valence-corrected chi connectivity index (χ3v) is 6.69. The van der Waals surface area contributed by atoms with Crippen LogP contribution in [-0.4, -0.2) is 11.3 Å². The summed E-state index contributed by atoms with van der Waals surface area (Å²) in [6, 6.07) is 33.3. The van der Waals surface area contributed by atoms with Gasteiger partial charge in [0.25, 0.3) is 0 Å². The minimum Gasteiger partial charge on any atom is -0.294 e. The highest BCUT2D eigenvalue weighted by Crippen LogP contribution is 2.28. The van der Waals surface area contributed by atoms with Gasteiger partial charge in [0.05, 0.1) is 0 Å². The lowest BCUT2D eigenvalue weighted by molar-refractivity contribution is 0.0991. The Bertz CT molecular complexity index is 1200. The topological polar surface area (TPSA) is 51.2 Å².